The lowest BCUT2D eigenvalue weighted by Crippen LogP contribution is -2.20. The minimum Gasteiger partial charge on any atom is -0.385 e. The number of pyridine rings is 1. The Balaban J connectivity index is 1.80. The minimum absolute atomic E-state index is 0.531. The zero-order chi connectivity index (χ0) is 22.1. The van der Waals surface area contributed by atoms with Crippen LogP contribution in [0, 0.1) is 0 Å². The largest absolute Gasteiger partial charge is 0.385 e. The fraction of sp³-hybridized carbons (Fsp3) is 0.182. The van der Waals surface area contributed by atoms with Gasteiger partial charge in [0.25, 0.3) is 5.95 Å². The molecule has 0 radical (unpaired) electrons. The molecule has 5 rings (SSSR count). The van der Waals surface area contributed by atoms with Gasteiger partial charge in [0.15, 0.2) is 0 Å². The van der Waals surface area contributed by atoms with Crippen LogP contribution in [0.4, 0.5) is 22.6 Å². The summed E-state index contributed by atoms with van der Waals surface area (Å²) in [6.07, 6.45) is 3.57. The van der Waals surface area contributed by atoms with Crippen LogP contribution in [0.1, 0.15) is 16.7 Å². The van der Waals surface area contributed by atoms with Crippen LogP contribution in [0.25, 0.3) is 5.00 Å². The normalized spacial score (nSPS) is 12.5. The van der Waals surface area contributed by atoms with Crippen molar-refractivity contribution in [3.8, 4) is 5.00 Å². The smallest absolute Gasteiger partial charge is 0.254 e. The molecule has 1 aromatic carbocycles. The van der Waals surface area contributed by atoms with Crippen LogP contribution in [-0.2, 0) is 6.54 Å². The highest BCUT2D eigenvalue weighted by Crippen LogP contribution is 2.45. The van der Waals surface area contributed by atoms with Gasteiger partial charge in [0.1, 0.15) is 15.7 Å². The van der Waals surface area contributed by atoms with Crippen LogP contribution >= 0.6 is 11.3 Å². The molecule has 9 nitrogen and oxygen atoms in total. The van der Waals surface area contributed by atoms with Crippen molar-refractivity contribution < 1.29 is 0 Å². The molecular formula is C22H23N9S. The number of nitrogens with one attached hydrogen (secondary N) is 3. The summed E-state index contributed by atoms with van der Waals surface area (Å²) in [5.41, 5.74) is 4.96. The molecule has 0 atom stereocenters. The number of hydrazone groups is 1. The number of nitrogens with zero attached hydrogens (tertiary/aromatic N) is 6. The molecule has 1 aliphatic heterocycles. The molecule has 4 aromatic rings. The second-order valence-electron chi connectivity index (χ2n) is 7.12. The average Bonchev–Trinajstić information content (AvgIpc) is 3.40. The van der Waals surface area contributed by atoms with Crippen LogP contribution < -0.4 is 21.0 Å². The Labute approximate surface area is 189 Å². The highest BCUT2D eigenvalue weighted by atomic mass is 32.1. The van der Waals surface area contributed by atoms with Crippen molar-refractivity contribution >= 4 is 39.6 Å². The fourth-order valence-corrected chi connectivity index (χ4v) is 4.95. The molecule has 0 amide bonds. The van der Waals surface area contributed by atoms with E-state index in [1.807, 2.05) is 61.1 Å². The second-order valence-corrected chi connectivity index (χ2v) is 8.12. The van der Waals surface area contributed by atoms with Crippen LogP contribution in [0.2, 0.25) is 0 Å². The molecule has 162 valence electrons. The number of benzene rings is 1. The zero-order valence-corrected chi connectivity index (χ0v) is 18.8. The van der Waals surface area contributed by atoms with Gasteiger partial charge in [-0.1, -0.05) is 41.7 Å². The molecule has 0 saturated carbocycles. The first-order valence-electron chi connectivity index (χ1n) is 10.2. The minimum atomic E-state index is 0.531. The van der Waals surface area contributed by atoms with Crippen molar-refractivity contribution in [2.75, 3.05) is 42.1 Å². The number of thiophene rings is 1. The second kappa shape index (κ2) is 8.31. The fourth-order valence-electron chi connectivity index (χ4n) is 3.78. The Morgan fingerprint density at radius 3 is 2.38 bits per heavy atom. The van der Waals surface area contributed by atoms with Crippen molar-refractivity contribution in [2.24, 2.45) is 5.10 Å². The lowest BCUT2D eigenvalue weighted by atomic mass is 10.0. The monoisotopic (exact) mass is 445 g/mol. The maximum absolute atomic E-state index is 5.14. The SMILES string of the molecule is CNc1sc2c(c1NC)C(c1ccccc1)=NN(Cc1ccncc1)c1nnc(NC)n1-2. The highest BCUT2D eigenvalue weighted by Gasteiger charge is 2.32. The first-order chi connectivity index (χ1) is 15.7. The Bertz CT molecular complexity index is 1260. The van der Waals surface area contributed by atoms with E-state index >= 15 is 0 Å². The topological polar surface area (TPSA) is 95.3 Å². The first kappa shape index (κ1) is 20.0. The molecule has 0 saturated heterocycles. The Morgan fingerprint density at radius 1 is 0.906 bits per heavy atom. The van der Waals surface area contributed by atoms with Crippen molar-refractivity contribution in [1.82, 2.24) is 19.7 Å². The van der Waals surface area contributed by atoms with Gasteiger partial charge in [-0.05, 0) is 17.7 Å². The standard InChI is InChI=1S/C22H23N9S/c1-23-18-16-17(15-7-5-4-6-8-15)29-30(13-14-9-11-26-12-10-14)22-28-27-21(25-3)31(22)20(16)32-19(18)24-2/h4-12,23-24H,13H2,1-3H3,(H,25,27). The lowest BCUT2D eigenvalue weighted by molar-refractivity contribution is 0.799. The summed E-state index contributed by atoms with van der Waals surface area (Å²) in [4.78, 5) is 4.14. The molecule has 4 heterocycles. The number of hydrogen-bond acceptors (Lipinski definition) is 9. The Morgan fingerprint density at radius 2 is 1.69 bits per heavy atom. The van der Waals surface area contributed by atoms with Gasteiger partial charge < -0.3 is 16.0 Å². The molecule has 1 aliphatic rings. The summed E-state index contributed by atoms with van der Waals surface area (Å²) in [5, 5.41) is 27.8. The molecule has 32 heavy (non-hydrogen) atoms. The summed E-state index contributed by atoms with van der Waals surface area (Å²) in [6.45, 7) is 0.531. The molecule has 0 unspecified atom stereocenters. The van der Waals surface area contributed by atoms with E-state index in [2.05, 4.69) is 43.3 Å². The summed E-state index contributed by atoms with van der Waals surface area (Å²) in [7, 11) is 5.70. The van der Waals surface area contributed by atoms with Crippen LogP contribution in [0.15, 0.2) is 60.0 Å². The van der Waals surface area contributed by atoms with Gasteiger partial charge in [0.2, 0.25) is 5.95 Å². The number of aromatic nitrogens is 4. The van der Waals surface area contributed by atoms with E-state index < -0.39 is 0 Å². The van der Waals surface area contributed by atoms with Crippen LogP contribution in [0.5, 0.6) is 0 Å². The summed E-state index contributed by atoms with van der Waals surface area (Å²) in [6, 6.07) is 14.2. The van der Waals surface area contributed by atoms with E-state index in [0.717, 1.165) is 38.1 Å². The van der Waals surface area contributed by atoms with Crippen molar-refractivity contribution in [1.29, 1.82) is 0 Å². The van der Waals surface area contributed by atoms with Gasteiger partial charge in [-0.2, -0.15) is 5.10 Å². The average molecular weight is 446 g/mol. The zero-order valence-electron chi connectivity index (χ0n) is 18.0. The van der Waals surface area contributed by atoms with E-state index in [4.69, 9.17) is 5.10 Å². The van der Waals surface area contributed by atoms with Crippen LogP contribution in [0.3, 0.4) is 0 Å². The summed E-state index contributed by atoms with van der Waals surface area (Å²) < 4.78 is 2.03. The predicted octanol–water partition coefficient (Wildman–Crippen LogP) is 3.62. The first-order valence-corrected chi connectivity index (χ1v) is 11.0. The van der Waals surface area contributed by atoms with Crippen molar-refractivity contribution in [3.63, 3.8) is 0 Å². The molecule has 3 N–H and O–H groups in total. The van der Waals surface area contributed by atoms with Gasteiger partial charge in [0, 0.05) is 39.1 Å². The third kappa shape index (κ3) is 3.25. The number of fused-ring (bicyclic) bond motifs is 3. The van der Waals surface area contributed by atoms with Crippen LogP contribution in [-0.4, -0.2) is 46.6 Å². The number of hydrogen-bond donors (Lipinski definition) is 3. The molecule has 10 heteroatoms. The molecule has 0 aliphatic carbocycles. The van der Waals surface area contributed by atoms with E-state index in [9.17, 15) is 0 Å². The van der Waals surface area contributed by atoms with Gasteiger partial charge in [-0.15, -0.1) is 10.2 Å². The van der Waals surface area contributed by atoms with Gasteiger partial charge in [-0.25, -0.2) is 9.58 Å². The van der Waals surface area contributed by atoms with E-state index in [0.29, 0.717) is 18.4 Å². The van der Waals surface area contributed by atoms with E-state index in [1.54, 1.807) is 23.7 Å². The van der Waals surface area contributed by atoms with E-state index in [1.165, 1.54) is 0 Å². The van der Waals surface area contributed by atoms with E-state index in [-0.39, 0.29) is 0 Å². The van der Waals surface area contributed by atoms with Gasteiger partial charge in [-0.3, -0.25) is 4.98 Å². The molecule has 0 fully saturated rings. The maximum Gasteiger partial charge on any atom is 0.254 e. The van der Waals surface area contributed by atoms with Gasteiger partial charge >= 0.3 is 0 Å². The third-order valence-electron chi connectivity index (χ3n) is 5.26. The molecule has 3 aromatic heterocycles. The molecule has 0 spiro atoms. The molecular weight excluding hydrogens is 422 g/mol. The number of rotatable bonds is 6. The predicted molar refractivity (Wildman–Crippen MR) is 130 cm³/mol. The number of anilines is 4. The quantitative estimate of drug-likeness (QED) is 0.417. The van der Waals surface area contributed by atoms with Gasteiger partial charge in [0.05, 0.1) is 17.8 Å². The molecule has 0 bridgehead atoms. The van der Waals surface area contributed by atoms with Crippen molar-refractivity contribution in [2.45, 2.75) is 6.54 Å². The Hall–Kier alpha value is -3.92. The summed E-state index contributed by atoms with van der Waals surface area (Å²) in [5.74, 6) is 1.29. The highest BCUT2D eigenvalue weighted by molar-refractivity contribution is 7.19. The summed E-state index contributed by atoms with van der Waals surface area (Å²) >= 11 is 1.64. The lowest BCUT2D eigenvalue weighted by Gasteiger charge is -2.18. The Kier molecular flexibility index (Phi) is 5.20. The maximum atomic E-state index is 5.14. The van der Waals surface area contributed by atoms with Crippen molar-refractivity contribution in [3.05, 3.63) is 71.5 Å². The third-order valence-corrected chi connectivity index (χ3v) is 6.45.